The molecule has 1 aromatic carbocycles. The number of carbonyl (C=O) groups excluding carboxylic acids is 1. The topological polar surface area (TPSA) is 139 Å². The Kier molecular flexibility index (Phi) is 5.18. The lowest BCUT2D eigenvalue weighted by molar-refractivity contribution is -0.117. The van der Waals surface area contributed by atoms with Gasteiger partial charge in [0.15, 0.2) is 5.82 Å². The van der Waals surface area contributed by atoms with E-state index in [9.17, 15) is 27.4 Å². The van der Waals surface area contributed by atoms with E-state index in [0.717, 1.165) is 4.31 Å². The van der Waals surface area contributed by atoms with E-state index in [1.54, 1.807) is 0 Å². The molecule has 1 aromatic rings. The molecule has 0 unspecified atom stereocenters. The lowest BCUT2D eigenvalue weighted by atomic mass is 9.81. The van der Waals surface area contributed by atoms with Crippen LogP contribution in [-0.2, 0) is 14.8 Å². The van der Waals surface area contributed by atoms with Crippen molar-refractivity contribution in [2.75, 3.05) is 10.8 Å². The first-order chi connectivity index (χ1) is 13.6. The third-order valence-corrected chi connectivity index (χ3v) is 9.12. The molecule has 0 radical (unpaired) electrons. The fourth-order valence-electron chi connectivity index (χ4n) is 4.02. The first-order valence-electron chi connectivity index (χ1n) is 9.47. The summed E-state index contributed by atoms with van der Waals surface area (Å²) in [6.07, 6.45) is 3.60. The molecule has 2 saturated carbocycles. The number of anilines is 1. The summed E-state index contributed by atoms with van der Waals surface area (Å²) in [6.45, 7) is -0.480. The average molecular weight is 450 g/mol. The molecule has 3 aliphatic rings. The number of phenolic OH excluding ortho intramolecular Hbond substituents is 1. The van der Waals surface area contributed by atoms with Crippen LogP contribution in [0.25, 0.3) is 0 Å². The average Bonchev–Trinajstić information content (AvgIpc) is 3.43. The summed E-state index contributed by atoms with van der Waals surface area (Å²) in [5, 5.41) is 9.83. The smallest absolute Gasteiger partial charge is 0.260 e. The summed E-state index contributed by atoms with van der Waals surface area (Å²) in [5.41, 5.74) is -0.117. The van der Waals surface area contributed by atoms with E-state index in [1.165, 1.54) is 12.1 Å². The predicted molar refractivity (Wildman–Crippen MR) is 106 cm³/mol. The molecule has 5 N–H and O–H groups in total. The third-order valence-electron chi connectivity index (χ3n) is 5.68. The van der Waals surface area contributed by atoms with Gasteiger partial charge in [-0.25, -0.2) is 26.6 Å². The monoisotopic (exact) mass is 449 g/mol. The van der Waals surface area contributed by atoms with Crippen molar-refractivity contribution >= 4 is 32.6 Å². The summed E-state index contributed by atoms with van der Waals surface area (Å²) < 4.78 is 65.0. The van der Waals surface area contributed by atoms with Crippen LogP contribution in [0.4, 0.5) is 10.1 Å². The van der Waals surface area contributed by atoms with Crippen molar-refractivity contribution in [3.05, 3.63) is 23.5 Å². The first-order valence-corrected chi connectivity index (χ1v) is 12.5. The van der Waals surface area contributed by atoms with Gasteiger partial charge in [0, 0.05) is 6.04 Å². The highest BCUT2D eigenvalue weighted by molar-refractivity contribution is 8.24. The van der Waals surface area contributed by atoms with Crippen molar-refractivity contribution in [2.45, 2.75) is 55.7 Å². The number of phenols is 1. The quantitative estimate of drug-likeness (QED) is 0.464. The Hall–Kier alpha value is -1.60. The normalized spacial score (nSPS) is 28.2. The lowest BCUT2D eigenvalue weighted by Gasteiger charge is -2.37. The molecule has 1 saturated heterocycles. The SMILES string of the molecule is O=C1CN(c2c(O)ccc(C3CCC(NS(=O)(=O)C4CC4)CC3)c2F)S(O)(O)N1. The third kappa shape index (κ3) is 4.04. The number of hydrogen-bond donors (Lipinski definition) is 5. The van der Waals surface area contributed by atoms with Crippen molar-refractivity contribution in [2.24, 2.45) is 0 Å². The van der Waals surface area contributed by atoms with E-state index in [1.807, 2.05) is 4.72 Å². The second-order valence-corrected chi connectivity index (χ2v) is 11.5. The van der Waals surface area contributed by atoms with Gasteiger partial charge in [-0.15, -0.1) is 0 Å². The van der Waals surface area contributed by atoms with Gasteiger partial charge in [0.25, 0.3) is 5.91 Å². The zero-order chi connectivity index (χ0) is 21.0. The van der Waals surface area contributed by atoms with Crippen LogP contribution in [0, 0.1) is 5.82 Å². The van der Waals surface area contributed by atoms with Crippen LogP contribution in [-0.4, -0.2) is 46.4 Å². The van der Waals surface area contributed by atoms with E-state index < -0.39 is 50.7 Å². The van der Waals surface area contributed by atoms with Gasteiger partial charge in [-0.3, -0.25) is 13.9 Å². The molecule has 9 nitrogen and oxygen atoms in total. The summed E-state index contributed by atoms with van der Waals surface area (Å²) in [5.74, 6) is -2.18. The Morgan fingerprint density at radius 2 is 1.79 bits per heavy atom. The number of aromatic hydroxyl groups is 1. The van der Waals surface area contributed by atoms with Gasteiger partial charge < -0.3 is 5.11 Å². The highest BCUT2D eigenvalue weighted by Gasteiger charge is 2.40. The molecule has 0 atom stereocenters. The molecule has 162 valence electrons. The van der Waals surface area contributed by atoms with Gasteiger partial charge in [-0.2, -0.15) is 0 Å². The number of amides is 1. The number of carbonyl (C=O) groups is 1. The Labute approximate surface area is 170 Å². The maximum absolute atomic E-state index is 15.3. The molecule has 0 spiro atoms. The van der Waals surface area contributed by atoms with Gasteiger partial charge in [-0.05, 0) is 67.0 Å². The Balaban J connectivity index is 1.51. The number of halogens is 1. The highest BCUT2D eigenvalue weighted by atomic mass is 32.3. The molecular weight excluding hydrogens is 425 g/mol. The van der Waals surface area contributed by atoms with Crippen molar-refractivity contribution in [3.8, 4) is 5.75 Å². The second-order valence-electron chi connectivity index (χ2n) is 7.83. The van der Waals surface area contributed by atoms with Crippen molar-refractivity contribution in [1.82, 2.24) is 9.44 Å². The minimum Gasteiger partial charge on any atom is -0.506 e. The molecule has 1 heterocycles. The van der Waals surface area contributed by atoms with E-state index in [2.05, 4.69) is 4.72 Å². The lowest BCUT2D eigenvalue weighted by Crippen LogP contribution is -2.39. The molecule has 3 fully saturated rings. The predicted octanol–water partition coefficient (Wildman–Crippen LogP) is 2.16. The molecular formula is C17H24FN3O6S2. The largest absolute Gasteiger partial charge is 0.506 e. The highest BCUT2D eigenvalue weighted by Crippen LogP contribution is 2.51. The number of sulfonamides is 1. The van der Waals surface area contributed by atoms with Gasteiger partial charge in [-0.1, -0.05) is 6.07 Å². The molecule has 29 heavy (non-hydrogen) atoms. The summed E-state index contributed by atoms with van der Waals surface area (Å²) in [4.78, 5) is 11.5. The van der Waals surface area contributed by atoms with E-state index in [-0.39, 0.29) is 17.2 Å². The second kappa shape index (κ2) is 7.27. The Morgan fingerprint density at radius 3 is 2.34 bits per heavy atom. The molecule has 0 bridgehead atoms. The summed E-state index contributed by atoms with van der Waals surface area (Å²) >= 11 is 0. The first kappa shape index (κ1) is 20.7. The van der Waals surface area contributed by atoms with Gasteiger partial charge in [0.2, 0.25) is 10.0 Å². The molecule has 1 aliphatic heterocycles. The standard InChI is InChI=1S/C17H24FN3O6S2/c18-16-13(7-8-14(22)17(16)21-9-15(23)20-29(21,26)27)10-1-3-11(4-2-10)19-28(24,25)12-5-6-12/h7-8,10-12,19,22,26-27H,1-6,9H2,(H,20,23). The van der Waals surface area contributed by atoms with Crippen LogP contribution in [0.2, 0.25) is 0 Å². The Bertz CT molecular complexity index is 929. The summed E-state index contributed by atoms with van der Waals surface area (Å²) in [7, 11) is -7.03. The van der Waals surface area contributed by atoms with Crippen LogP contribution < -0.4 is 13.7 Å². The number of nitrogens with zero attached hydrogens (tertiary/aromatic N) is 1. The van der Waals surface area contributed by atoms with Crippen LogP contribution in [0.3, 0.4) is 0 Å². The molecule has 2 aliphatic carbocycles. The van der Waals surface area contributed by atoms with E-state index in [0.29, 0.717) is 44.1 Å². The molecule has 12 heteroatoms. The number of hydrogen-bond acceptors (Lipinski definition) is 7. The van der Waals surface area contributed by atoms with E-state index >= 15 is 4.39 Å². The number of rotatable bonds is 5. The fraction of sp³-hybridized carbons (Fsp3) is 0.588. The van der Waals surface area contributed by atoms with Crippen molar-refractivity contribution in [3.63, 3.8) is 0 Å². The van der Waals surface area contributed by atoms with Crippen LogP contribution in [0.15, 0.2) is 12.1 Å². The fourth-order valence-corrected chi connectivity index (χ4v) is 6.87. The van der Waals surface area contributed by atoms with Crippen LogP contribution >= 0.6 is 11.0 Å². The Morgan fingerprint density at radius 1 is 1.14 bits per heavy atom. The van der Waals surface area contributed by atoms with Gasteiger partial charge in [0.1, 0.15) is 18.0 Å². The minimum absolute atomic E-state index is 0.177. The maximum atomic E-state index is 15.3. The number of benzene rings is 1. The molecule has 1 amide bonds. The zero-order valence-corrected chi connectivity index (χ0v) is 17.2. The van der Waals surface area contributed by atoms with Gasteiger partial charge >= 0.3 is 0 Å². The zero-order valence-electron chi connectivity index (χ0n) is 15.5. The van der Waals surface area contributed by atoms with Crippen molar-refractivity contribution in [1.29, 1.82) is 0 Å². The van der Waals surface area contributed by atoms with Gasteiger partial charge in [0.05, 0.1) is 5.25 Å². The van der Waals surface area contributed by atoms with Crippen molar-refractivity contribution < 1.29 is 31.8 Å². The molecule has 0 aromatic heterocycles. The molecule has 4 rings (SSSR count). The van der Waals surface area contributed by atoms with E-state index in [4.69, 9.17) is 0 Å². The van der Waals surface area contributed by atoms with Crippen LogP contribution in [0.1, 0.15) is 50.0 Å². The summed E-state index contributed by atoms with van der Waals surface area (Å²) in [6, 6.07) is 2.54. The minimum atomic E-state index is -3.76. The van der Waals surface area contributed by atoms with Crippen LogP contribution in [0.5, 0.6) is 5.75 Å². The maximum Gasteiger partial charge on any atom is 0.260 e. The number of nitrogens with one attached hydrogen (secondary N) is 2.